The largest absolute Gasteiger partial charge is 0.377 e. The Bertz CT molecular complexity index is 590. The molecule has 0 bridgehead atoms. The van der Waals surface area contributed by atoms with E-state index in [0.29, 0.717) is 10.6 Å². The summed E-state index contributed by atoms with van der Waals surface area (Å²) in [6, 6.07) is 13.1. The van der Waals surface area contributed by atoms with Crippen molar-refractivity contribution in [2.45, 2.75) is 13.8 Å². The van der Waals surface area contributed by atoms with Gasteiger partial charge >= 0.3 is 0 Å². The van der Waals surface area contributed by atoms with Crippen molar-refractivity contribution >= 4 is 23.1 Å². The molecular weight excluding hydrogens is 258 g/mol. The Kier molecular flexibility index (Phi) is 4.23. The van der Waals surface area contributed by atoms with Crippen LogP contribution in [-0.4, -0.2) is 12.3 Å². The summed E-state index contributed by atoms with van der Waals surface area (Å²) in [5.41, 5.74) is 4.02. The molecule has 1 N–H and O–H groups in total. The first-order valence-electron chi connectivity index (χ1n) is 6.16. The van der Waals surface area contributed by atoms with Crippen LogP contribution in [-0.2, 0) is 0 Å². The van der Waals surface area contributed by atoms with Crippen molar-refractivity contribution in [1.29, 1.82) is 0 Å². The maximum absolute atomic E-state index is 12.0. The van der Waals surface area contributed by atoms with Crippen LogP contribution in [0.5, 0.6) is 0 Å². The van der Waals surface area contributed by atoms with Crippen molar-refractivity contribution in [3.05, 3.63) is 64.2 Å². The highest BCUT2D eigenvalue weighted by Crippen LogP contribution is 2.16. The van der Waals surface area contributed by atoms with Crippen molar-refractivity contribution in [2.75, 3.05) is 11.9 Å². The Morgan fingerprint density at radius 3 is 2.42 bits per heavy atom. The number of hydrogen-bond donors (Lipinski definition) is 1. The molecule has 0 saturated heterocycles. The third kappa shape index (κ3) is 3.58. The normalized spacial score (nSPS) is 10.3. The predicted octanol–water partition coefficient (Wildman–Crippen LogP) is 4.25. The number of benzene rings is 2. The number of Topliss-reactive ketones (excluding diaryl/α,β-unsaturated/α-hetero) is 1. The molecule has 0 aliphatic rings. The molecule has 0 amide bonds. The highest BCUT2D eigenvalue weighted by molar-refractivity contribution is 6.30. The minimum absolute atomic E-state index is 0.0524. The Morgan fingerprint density at radius 1 is 1.11 bits per heavy atom. The van der Waals surface area contributed by atoms with Crippen LogP contribution in [0.25, 0.3) is 0 Å². The van der Waals surface area contributed by atoms with Crippen LogP contribution in [0.4, 0.5) is 5.69 Å². The highest BCUT2D eigenvalue weighted by Gasteiger charge is 2.06. The summed E-state index contributed by atoms with van der Waals surface area (Å²) in [6.45, 7) is 4.36. The standard InChI is InChI=1S/C16H16ClNO/c1-11-3-8-15(12(2)9-11)18-10-16(19)13-4-6-14(17)7-5-13/h3-9,18H,10H2,1-2H3. The zero-order valence-corrected chi connectivity index (χ0v) is 11.8. The average molecular weight is 274 g/mol. The molecule has 0 atom stereocenters. The first kappa shape index (κ1) is 13.6. The number of carbonyl (C=O) groups is 1. The van der Waals surface area contributed by atoms with Crippen LogP contribution in [0.2, 0.25) is 5.02 Å². The smallest absolute Gasteiger partial charge is 0.181 e. The number of anilines is 1. The number of hydrogen-bond acceptors (Lipinski definition) is 2. The van der Waals surface area contributed by atoms with E-state index in [1.165, 1.54) is 5.56 Å². The van der Waals surface area contributed by atoms with Gasteiger partial charge in [-0.15, -0.1) is 0 Å². The molecule has 0 saturated carbocycles. The number of aryl methyl sites for hydroxylation is 2. The summed E-state index contributed by atoms with van der Waals surface area (Å²) in [5.74, 6) is 0.0524. The van der Waals surface area contributed by atoms with Gasteiger partial charge in [-0.25, -0.2) is 0 Å². The molecule has 2 rings (SSSR count). The summed E-state index contributed by atoms with van der Waals surface area (Å²) in [5, 5.41) is 3.81. The molecule has 0 aliphatic carbocycles. The van der Waals surface area contributed by atoms with Crippen molar-refractivity contribution in [2.24, 2.45) is 0 Å². The van der Waals surface area contributed by atoms with Gasteiger partial charge in [-0.05, 0) is 49.7 Å². The van der Waals surface area contributed by atoms with Crippen LogP contribution in [0.3, 0.4) is 0 Å². The molecular formula is C16H16ClNO. The van der Waals surface area contributed by atoms with E-state index < -0.39 is 0 Å². The maximum Gasteiger partial charge on any atom is 0.181 e. The Hall–Kier alpha value is -1.80. The summed E-state index contributed by atoms with van der Waals surface area (Å²) in [6.07, 6.45) is 0. The van der Waals surface area contributed by atoms with E-state index in [1.807, 2.05) is 19.1 Å². The van der Waals surface area contributed by atoms with Crippen molar-refractivity contribution in [3.8, 4) is 0 Å². The van der Waals surface area contributed by atoms with Gasteiger partial charge in [0.1, 0.15) is 0 Å². The van der Waals surface area contributed by atoms with E-state index in [0.717, 1.165) is 11.3 Å². The second-order valence-electron chi connectivity index (χ2n) is 4.60. The van der Waals surface area contributed by atoms with E-state index in [-0.39, 0.29) is 12.3 Å². The third-order valence-electron chi connectivity index (χ3n) is 2.99. The van der Waals surface area contributed by atoms with E-state index in [2.05, 4.69) is 18.3 Å². The van der Waals surface area contributed by atoms with Crippen molar-refractivity contribution in [3.63, 3.8) is 0 Å². The summed E-state index contributed by atoms with van der Waals surface area (Å²) in [7, 11) is 0. The molecule has 2 aromatic rings. The lowest BCUT2D eigenvalue weighted by Gasteiger charge is -2.09. The van der Waals surface area contributed by atoms with E-state index >= 15 is 0 Å². The number of carbonyl (C=O) groups excluding carboxylic acids is 1. The Morgan fingerprint density at radius 2 is 1.79 bits per heavy atom. The van der Waals surface area contributed by atoms with Gasteiger partial charge in [0, 0.05) is 16.3 Å². The summed E-state index contributed by atoms with van der Waals surface area (Å²) < 4.78 is 0. The van der Waals surface area contributed by atoms with Gasteiger partial charge in [0.15, 0.2) is 5.78 Å². The van der Waals surface area contributed by atoms with Crippen LogP contribution in [0, 0.1) is 13.8 Å². The van der Waals surface area contributed by atoms with Gasteiger partial charge in [-0.1, -0.05) is 29.3 Å². The van der Waals surface area contributed by atoms with Gasteiger partial charge in [0.25, 0.3) is 0 Å². The molecule has 0 radical (unpaired) electrons. The fourth-order valence-corrected chi connectivity index (χ4v) is 2.05. The zero-order chi connectivity index (χ0) is 13.8. The third-order valence-corrected chi connectivity index (χ3v) is 3.24. The van der Waals surface area contributed by atoms with Gasteiger partial charge in [0.05, 0.1) is 6.54 Å². The molecule has 0 spiro atoms. The second-order valence-corrected chi connectivity index (χ2v) is 5.04. The molecule has 0 aliphatic heterocycles. The lowest BCUT2D eigenvalue weighted by atomic mass is 10.1. The minimum Gasteiger partial charge on any atom is -0.377 e. The fourth-order valence-electron chi connectivity index (χ4n) is 1.93. The number of rotatable bonds is 4. The van der Waals surface area contributed by atoms with Gasteiger partial charge in [0.2, 0.25) is 0 Å². The first-order valence-corrected chi connectivity index (χ1v) is 6.54. The molecule has 0 heterocycles. The van der Waals surface area contributed by atoms with E-state index in [9.17, 15) is 4.79 Å². The van der Waals surface area contributed by atoms with E-state index in [1.54, 1.807) is 24.3 Å². The minimum atomic E-state index is 0.0524. The molecule has 0 unspecified atom stereocenters. The maximum atomic E-state index is 12.0. The first-order chi connectivity index (χ1) is 9.06. The monoisotopic (exact) mass is 273 g/mol. The van der Waals surface area contributed by atoms with Crippen molar-refractivity contribution in [1.82, 2.24) is 0 Å². The number of halogens is 1. The average Bonchev–Trinajstić information content (AvgIpc) is 2.38. The number of ketones is 1. The molecule has 2 nitrogen and oxygen atoms in total. The van der Waals surface area contributed by atoms with Crippen LogP contribution >= 0.6 is 11.6 Å². The fraction of sp³-hybridized carbons (Fsp3) is 0.188. The molecule has 98 valence electrons. The second kappa shape index (κ2) is 5.89. The highest BCUT2D eigenvalue weighted by atomic mass is 35.5. The molecule has 3 heteroatoms. The topological polar surface area (TPSA) is 29.1 Å². The predicted molar refractivity (Wildman–Crippen MR) is 80.2 cm³/mol. The SMILES string of the molecule is Cc1ccc(NCC(=O)c2ccc(Cl)cc2)c(C)c1. The Labute approximate surface area is 118 Å². The van der Waals surface area contributed by atoms with Gasteiger partial charge in [-0.3, -0.25) is 4.79 Å². The lowest BCUT2D eigenvalue weighted by molar-refractivity contribution is 0.101. The van der Waals surface area contributed by atoms with Crippen LogP contribution in [0.15, 0.2) is 42.5 Å². The summed E-state index contributed by atoms with van der Waals surface area (Å²) in [4.78, 5) is 12.0. The van der Waals surface area contributed by atoms with E-state index in [4.69, 9.17) is 11.6 Å². The lowest BCUT2D eigenvalue weighted by Crippen LogP contribution is -2.14. The zero-order valence-electron chi connectivity index (χ0n) is 11.0. The molecule has 19 heavy (non-hydrogen) atoms. The number of nitrogens with one attached hydrogen (secondary N) is 1. The van der Waals surface area contributed by atoms with Crippen LogP contribution < -0.4 is 5.32 Å². The molecule has 0 aromatic heterocycles. The van der Waals surface area contributed by atoms with Gasteiger partial charge < -0.3 is 5.32 Å². The summed E-state index contributed by atoms with van der Waals surface area (Å²) >= 11 is 5.80. The quantitative estimate of drug-likeness (QED) is 0.844. The van der Waals surface area contributed by atoms with Crippen LogP contribution in [0.1, 0.15) is 21.5 Å². The molecule has 2 aromatic carbocycles. The van der Waals surface area contributed by atoms with Crippen molar-refractivity contribution < 1.29 is 4.79 Å². The molecule has 0 fully saturated rings. The Balaban J connectivity index is 2.02. The van der Waals surface area contributed by atoms with Gasteiger partial charge in [-0.2, -0.15) is 0 Å².